The van der Waals surface area contributed by atoms with E-state index >= 15 is 0 Å². The molecule has 0 saturated heterocycles. The van der Waals surface area contributed by atoms with E-state index in [-0.39, 0.29) is 17.5 Å². The van der Waals surface area contributed by atoms with Crippen molar-refractivity contribution in [2.45, 2.75) is 53.7 Å². The largest absolute Gasteiger partial charge is 0.494 e. The van der Waals surface area contributed by atoms with Gasteiger partial charge in [0.2, 0.25) is 0 Å². The molecule has 4 aromatic rings. The lowest BCUT2D eigenvalue weighted by Gasteiger charge is -2.25. The molecule has 7 nitrogen and oxygen atoms in total. The molecule has 1 aliphatic rings. The van der Waals surface area contributed by atoms with E-state index in [4.69, 9.17) is 9.47 Å². The number of ether oxygens (including phenoxy) is 2. The Balaban J connectivity index is 1.66. The zero-order valence-electron chi connectivity index (χ0n) is 23.9. The van der Waals surface area contributed by atoms with Gasteiger partial charge in [-0.25, -0.2) is 14.2 Å². The molecule has 0 amide bonds. The molecule has 0 saturated carbocycles. The molecule has 1 atom stereocenters. The van der Waals surface area contributed by atoms with Crippen LogP contribution in [0.3, 0.4) is 0 Å². The van der Waals surface area contributed by atoms with Crippen LogP contribution in [0, 0.1) is 19.7 Å². The summed E-state index contributed by atoms with van der Waals surface area (Å²) < 4.78 is 28.8. The lowest BCUT2D eigenvalue weighted by Crippen LogP contribution is -2.40. The Morgan fingerprint density at radius 3 is 2.41 bits per heavy atom. The smallest absolute Gasteiger partial charge is 0.338 e. The van der Waals surface area contributed by atoms with Crippen LogP contribution in [-0.2, 0) is 9.53 Å². The number of hydrogen-bond acceptors (Lipinski definition) is 6. The lowest BCUT2D eigenvalue weighted by molar-refractivity contribution is -0.143. The molecule has 0 spiro atoms. The van der Waals surface area contributed by atoms with Crippen LogP contribution >= 0.6 is 11.3 Å². The molecule has 0 bridgehead atoms. The van der Waals surface area contributed by atoms with Gasteiger partial charge in [0, 0.05) is 17.1 Å². The van der Waals surface area contributed by atoms with Crippen LogP contribution in [0.1, 0.15) is 56.3 Å². The van der Waals surface area contributed by atoms with Crippen molar-refractivity contribution in [3.63, 3.8) is 0 Å². The number of allylic oxidation sites excluding steroid dienone is 1. The topological polar surface area (TPSA) is 74.8 Å². The van der Waals surface area contributed by atoms with Gasteiger partial charge in [-0.1, -0.05) is 23.5 Å². The Morgan fingerprint density at radius 1 is 1.10 bits per heavy atom. The number of hydrogen-bond donors (Lipinski definition) is 0. The fourth-order valence-electron chi connectivity index (χ4n) is 5.15. The third-order valence-electron chi connectivity index (χ3n) is 6.93. The first-order valence-corrected chi connectivity index (χ1v) is 14.3. The zero-order chi connectivity index (χ0) is 29.4. The quantitative estimate of drug-likeness (QED) is 0.287. The number of aromatic nitrogens is 2. The van der Waals surface area contributed by atoms with Gasteiger partial charge in [-0.15, -0.1) is 0 Å². The van der Waals surface area contributed by atoms with Crippen molar-refractivity contribution < 1.29 is 18.7 Å². The van der Waals surface area contributed by atoms with Crippen molar-refractivity contribution in [1.29, 1.82) is 0 Å². The molecule has 41 heavy (non-hydrogen) atoms. The molecular weight excluding hydrogens is 541 g/mol. The summed E-state index contributed by atoms with van der Waals surface area (Å²) >= 11 is 1.28. The molecule has 5 rings (SSSR count). The molecule has 9 heteroatoms. The molecule has 1 aliphatic heterocycles. The number of halogens is 1. The molecule has 212 valence electrons. The van der Waals surface area contributed by atoms with Crippen molar-refractivity contribution in [2.24, 2.45) is 4.99 Å². The highest BCUT2D eigenvalue weighted by molar-refractivity contribution is 7.07. The molecule has 0 radical (unpaired) electrons. The Labute approximate surface area is 241 Å². The third-order valence-corrected chi connectivity index (χ3v) is 7.92. The van der Waals surface area contributed by atoms with E-state index in [1.807, 2.05) is 61.7 Å². The van der Waals surface area contributed by atoms with E-state index in [0.29, 0.717) is 33.0 Å². The number of nitrogens with zero attached hydrogens (tertiary/aromatic N) is 3. The summed E-state index contributed by atoms with van der Waals surface area (Å²) in [5.74, 6) is -0.101. The first-order chi connectivity index (χ1) is 19.6. The van der Waals surface area contributed by atoms with Crippen molar-refractivity contribution in [2.75, 3.05) is 6.61 Å². The highest BCUT2D eigenvalue weighted by atomic mass is 32.1. The fourth-order valence-corrected chi connectivity index (χ4v) is 6.19. The Morgan fingerprint density at radius 2 is 1.78 bits per heavy atom. The van der Waals surface area contributed by atoms with Crippen LogP contribution in [0.15, 0.2) is 75.7 Å². The van der Waals surface area contributed by atoms with Gasteiger partial charge in [0.1, 0.15) is 11.6 Å². The van der Waals surface area contributed by atoms with Gasteiger partial charge >= 0.3 is 5.97 Å². The molecule has 3 heterocycles. The highest BCUT2D eigenvalue weighted by Crippen LogP contribution is 2.32. The van der Waals surface area contributed by atoms with Crippen LogP contribution in [0.5, 0.6) is 5.75 Å². The minimum Gasteiger partial charge on any atom is -0.494 e. The first-order valence-electron chi connectivity index (χ1n) is 13.5. The first kappa shape index (κ1) is 28.3. The van der Waals surface area contributed by atoms with Gasteiger partial charge in [0.25, 0.3) is 5.56 Å². The highest BCUT2D eigenvalue weighted by Gasteiger charge is 2.33. The van der Waals surface area contributed by atoms with Crippen LogP contribution < -0.4 is 19.6 Å². The Hall–Kier alpha value is -4.24. The molecule has 0 N–H and O–H groups in total. The second-order valence-corrected chi connectivity index (χ2v) is 11.2. The van der Waals surface area contributed by atoms with Crippen molar-refractivity contribution in [3.8, 4) is 11.4 Å². The number of carbonyl (C=O) groups excluding carboxylic acids is 1. The average molecular weight is 574 g/mol. The maximum atomic E-state index is 14.0. The molecule has 0 aliphatic carbocycles. The number of esters is 1. The zero-order valence-corrected chi connectivity index (χ0v) is 24.7. The van der Waals surface area contributed by atoms with Gasteiger partial charge in [-0.2, -0.15) is 0 Å². The minimum atomic E-state index is -0.707. The average Bonchev–Trinajstić information content (AvgIpc) is 3.38. The summed E-state index contributed by atoms with van der Waals surface area (Å²) in [5, 5.41) is 0. The Kier molecular flexibility index (Phi) is 7.82. The Bertz CT molecular complexity index is 1830. The number of benzene rings is 2. The second-order valence-electron chi connectivity index (χ2n) is 10.2. The summed E-state index contributed by atoms with van der Waals surface area (Å²) in [6.45, 7) is 11.7. The van der Waals surface area contributed by atoms with E-state index < -0.39 is 12.0 Å². The molecule has 0 unspecified atom stereocenters. The van der Waals surface area contributed by atoms with Gasteiger partial charge in [-0.3, -0.25) is 9.36 Å². The van der Waals surface area contributed by atoms with Gasteiger partial charge in [0.15, 0.2) is 4.80 Å². The summed E-state index contributed by atoms with van der Waals surface area (Å²) in [5.41, 5.74) is 4.91. The van der Waals surface area contributed by atoms with E-state index in [2.05, 4.69) is 4.99 Å². The van der Waals surface area contributed by atoms with Crippen LogP contribution in [0.4, 0.5) is 4.39 Å². The summed E-state index contributed by atoms with van der Waals surface area (Å²) in [6, 6.07) is 15.0. The van der Waals surface area contributed by atoms with E-state index in [1.54, 1.807) is 37.5 Å². The monoisotopic (exact) mass is 573 g/mol. The number of rotatable bonds is 7. The molecule has 0 fully saturated rings. The van der Waals surface area contributed by atoms with E-state index in [1.165, 1.54) is 23.5 Å². The summed E-state index contributed by atoms with van der Waals surface area (Å²) in [6.07, 6.45) is 1.53. The molecule has 2 aromatic carbocycles. The fraction of sp³-hybridized carbons (Fsp3) is 0.281. The number of thiazole rings is 1. The van der Waals surface area contributed by atoms with Crippen molar-refractivity contribution in [3.05, 3.63) is 114 Å². The van der Waals surface area contributed by atoms with E-state index in [9.17, 15) is 14.0 Å². The van der Waals surface area contributed by atoms with E-state index in [0.717, 1.165) is 28.2 Å². The maximum absolute atomic E-state index is 14.0. The van der Waals surface area contributed by atoms with Gasteiger partial charge in [-0.05, 0) is 101 Å². The normalized spacial score (nSPS) is 15.2. The summed E-state index contributed by atoms with van der Waals surface area (Å²) in [4.78, 5) is 32.5. The van der Waals surface area contributed by atoms with Crippen LogP contribution in [0.25, 0.3) is 11.8 Å². The standard InChI is InChI=1S/C32H32FN3O4S/c1-7-39-26-14-8-22(9-15-26)29-28(31(38)40-18(2)3)20(5)34-32-36(29)30(37)27(41-32)17-23-16-19(4)35(21(23)6)25-12-10-24(33)11-13-25/h8-18,29H,7H2,1-6H3/b27-17+/t29-/m0/s1. The number of aryl methyl sites for hydroxylation is 1. The van der Waals surface area contributed by atoms with Gasteiger partial charge < -0.3 is 14.0 Å². The lowest BCUT2D eigenvalue weighted by atomic mass is 9.96. The molecular formula is C32H32FN3O4S. The maximum Gasteiger partial charge on any atom is 0.338 e. The minimum absolute atomic E-state index is 0.249. The number of fused-ring (bicyclic) bond motifs is 1. The predicted octanol–water partition coefficient (Wildman–Crippen LogP) is 5.13. The predicted molar refractivity (Wildman–Crippen MR) is 158 cm³/mol. The SMILES string of the molecule is CCOc1ccc([C@H]2C(C(=O)OC(C)C)=C(C)N=c3s/c(=C/c4cc(C)n(-c5ccc(F)cc5)c4C)c(=O)n32)cc1. The summed E-state index contributed by atoms with van der Waals surface area (Å²) in [7, 11) is 0. The number of carbonyl (C=O) groups is 1. The molecule has 2 aromatic heterocycles. The van der Waals surface area contributed by atoms with Gasteiger partial charge in [0.05, 0.1) is 34.6 Å². The third kappa shape index (κ3) is 5.41. The van der Waals surface area contributed by atoms with Crippen molar-refractivity contribution in [1.82, 2.24) is 9.13 Å². The van der Waals surface area contributed by atoms with Crippen molar-refractivity contribution >= 4 is 23.4 Å². The second kappa shape index (κ2) is 11.3. The van der Waals surface area contributed by atoms with Crippen LogP contribution in [0.2, 0.25) is 0 Å². The van der Waals surface area contributed by atoms with Crippen LogP contribution in [-0.4, -0.2) is 27.8 Å².